The molecule has 38 heavy (non-hydrogen) atoms. The lowest BCUT2D eigenvalue weighted by molar-refractivity contribution is 0.0600. The summed E-state index contributed by atoms with van der Waals surface area (Å²) < 4.78 is 6.92. The molecule has 4 nitrogen and oxygen atoms in total. The van der Waals surface area contributed by atoms with Crippen LogP contribution in [0.4, 0.5) is 0 Å². The Morgan fingerprint density at radius 3 is 2.21 bits per heavy atom. The van der Waals surface area contributed by atoms with Gasteiger partial charge in [0.1, 0.15) is 0 Å². The topological polar surface area (TPSA) is 42.4 Å². The van der Waals surface area contributed by atoms with Gasteiger partial charge in [-0.2, -0.15) is 0 Å². The quantitative estimate of drug-likeness (QED) is 0.0834. The van der Waals surface area contributed by atoms with Crippen molar-refractivity contribution < 1.29 is 9.53 Å². The van der Waals surface area contributed by atoms with Crippen LogP contribution in [0.2, 0.25) is 0 Å². The Hall–Kier alpha value is -2.55. The van der Waals surface area contributed by atoms with Crippen molar-refractivity contribution in [3.63, 3.8) is 0 Å². The summed E-state index contributed by atoms with van der Waals surface area (Å²) in [6.45, 7) is 11.7. The third kappa shape index (κ3) is 21.5. The number of allylic oxidation sites excluding steroid dienone is 1. The fourth-order valence-corrected chi connectivity index (χ4v) is 3.99. The average Bonchev–Trinajstić information content (AvgIpc) is 2.98. The fraction of sp³-hybridized carbons (Fsp3) is 0.515. The van der Waals surface area contributed by atoms with Crippen LogP contribution >= 0.6 is 11.9 Å². The Bertz CT molecular complexity index is 864. The van der Waals surface area contributed by atoms with Crippen LogP contribution in [-0.2, 0) is 17.6 Å². The van der Waals surface area contributed by atoms with Crippen molar-refractivity contribution in [2.45, 2.75) is 86.0 Å². The average molecular weight is 541 g/mol. The fourth-order valence-electron chi connectivity index (χ4n) is 3.05. The number of esters is 1. The molecule has 0 fully saturated rings. The van der Waals surface area contributed by atoms with Gasteiger partial charge in [0.25, 0.3) is 0 Å². The molecular formula is C33H52N2O2S. The molecule has 2 rings (SSSR count). The summed E-state index contributed by atoms with van der Waals surface area (Å²) in [6.07, 6.45) is 21.9. The SMILES string of the molecule is C#C.C/C=C(\C)CN(C)SCCCCCCc1ccccc1.CCCC.CCc1cc(C(=O)OC)ccn1. The van der Waals surface area contributed by atoms with Crippen LogP contribution < -0.4 is 0 Å². The molecule has 0 amide bonds. The van der Waals surface area contributed by atoms with Crippen molar-refractivity contribution in [2.24, 2.45) is 0 Å². The van der Waals surface area contributed by atoms with E-state index in [4.69, 9.17) is 0 Å². The molecule has 212 valence electrons. The summed E-state index contributed by atoms with van der Waals surface area (Å²) in [7, 11) is 3.56. The van der Waals surface area contributed by atoms with Gasteiger partial charge in [0.05, 0.1) is 12.7 Å². The van der Waals surface area contributed by atoms with Crippen LogP contribution in [-0.4, -0.2) is 41.7 Å². The Morgan fingerprint density at radius 1 is 1.03 bits per heavy atom. The number of benzene rings is 1. The molecule has 0 aliphatic rings. The van der Waals surface area contributed by atoms with Crippen molar-refractivity contribution >= 4 is 17.9 Å². The van der Waals surface area contributed by atoms with E-state index in [0.717, 1.165) is 18.7 Å². The number of hydrogen-bond donors (Lipinski definition) is 0. The number of likely N-dealkylation sites (N-methyl/N-ethyl adjacent to an activating group) is 1. The van der Waals surface area contributed by atoms with Gasteiger partial charge in [0.15, 0.2) is 0 Å². The lowest BCUT2D eigenvalue weighted by atomic mass is 10.1. The van der Waals surface area contributed by atoms with E-state index in [-0.39, 0.29) is 5.97 Å². The van der Waals surface area contributed by atoms with Crippen LogP contribution in [0, 0.1) is 12.8 Å². The molecule has 2 aromatic rings. The second kappa shape index (κ2) is 27.5. The van der Waals surface area contributed by atoms with Gasteiger partial charge >= 0.3 is 5.97 Å². The van der Waals surface area contributed by atoms with E-state index in [9.17, 15) is 4.79 Å². The van der Waals surface area contributed by atoms with Gasteiger partial charge in [0, 0.05) is 24.2 Å². The first-order chi connectivity index (χ1) is 18.4. The number of nitrogens with zero attached hydrogens (tertiary/aromatic N) is 2. The molecule has 1 heterocycles. The predicted molar refractivity (Wildman–Crippen MR) is 169 cm³/mol. The highest BCUT2D eigenvalue weighted by molar-refractivity contribution is 7.96. The summed E-state index contributed by atoms with van der Waals surface area (Å²) in [5.41, 5.74) is 4.38. The van der Waals surface area contributed by atoms with Crippen molar-refractivity contribution in [1.82, 2.24) is 9.29 Å². The number of pyridine rings is 1. The number of carbonyl (C=O) groups excluding carboxylic acids is 1. The number of hydrogen-bond acceptors (Lipinski definition) is 5. The van der Waals surface area contributed by atoms with E-state index >= 15 is 0 Å². The molecule has 0 saturated heterocycles. The molecule has 0 saturated carbocycles. The minimum Gasteiger partial charge on any atom is -0.465 e. The zero-order valence-electron chi connectivity index (χ0n) is 25.0. The maximum atomic E-state index is 11.0. The smallest absolute Gasteiger partial charge is 0.337 e. The highest BCUT2D eigenvalue weighted by atomic mass is 32.2. The molecule has 0 N–H and O–H groups in total. The number of methoxy groups -OCH3 is 1. The molecular weight excluding hydrogens is 488 g/mol. The van der Waals surface area contributed by atoms with E-state index < -0.39 is 0 Å². The Kier molecular flexibility index (Phi) is 27.2. The van der Waals surface area contributed by atoms with Gasteiger partial charge in [-0.25, -0.2) is 9.10 Å². The van der Waals surface area contributed by atoms with Crippen LogP contribution in [0.3, 0.4) is 0 Å². The maximum Gasteiger partial charge on any atom is 0.337 e. The molecule has 1 aromatic carbocycles. The second-order valence-corrected chi connectivity index (χ2v) is 10.1. The lowest BCUT2D eigenvalue weighted by Crippen LogP contribution is -2.12. The van der Waals surface area contributed by atoms with E-state index in [1.807, 2.05) is 18.9 Å². The maximum absolute atomic E-state index is 11.0. The minimum absolute atomic E-state index is 0.313. The third-order valence-electron chi connectivity index (χ3n) is 5.58. The van der Waals surface area contributed by atoms with Crippen LogP contribution in [0.1, 0.15) is 94.8 Å². The second-order valence-electron chi connectivity index (χ2n) is 8.79. The Balaban J connectivity index is 0. The number of carbonyl (C=O) groups is 1. The molecule has 0 bridgehead atoms. The summed E-state index contributed by atoms with van der Waals surface area (Å²) >= 11 is 1.97. The standard InChI is InChI=1S/C18H29NS.C9H11NO2.C4H10.C2H2/c1-4-17(2)16-19(3)20-15-11-6-5-8-12-18-13-9-7-10-14-18;1-3-8-6-7(4-5-10-8)9(11)12-2;1-3-4-2;1-2/h4,7,9-10,13-14H,5-6,8,11-12,15-16H2,1-3H3;4-6H,3H2,1-2H3;3-4H2,1-2H3;1-2H/b17-4+;;;. The molecule has 1 aromatic heterocycles. The summed E-state index contributed by atoms with van der Waals surface area (Å²) in [5, 5.41) is 0. The first kappa shape index (κ1) is 37.6. The third-order valence-corrected chi connectivity index (χ3v) is 6.62. The van der Waals surface area contributed by atoms with Crippen LogP contribution in [0.15, 0.2) is 60.3 Å². The van der Waals surface area contributed by atoms with Crippen molar-refractivity contribution in [1.29, 1.82) is 0 Å². The highest BCUT2D eigenvalue weighted by Crippen LogP contribution is 2.14. The van der Waals surface area contributed by atoms with Gasteiger partial charge in [0.2, 0.25) is 0 Å². The van der Waals surface area contributed by atoms with Crippen LogP contribution in [0.25, 0.3) is 0 Å². The van der Waals surface area contributed by atoms with Gasteiger partial charge in [-0.05, 0) is 64.3 Å². The highest BCUT2D eigenvalue weighted by Gasteiger charge is 2.04. The monoisotopic (exact) mass is 540 g/mol. The lowest BCUT2D eigenvalue weighted by Gasteiger charge is -2.15. The molecule has 0 aliphatic carbocycles. The molecule has 0 aliphatic heterocycles. The van der Waals surface area contributed by atoms with Gasteiger partial charge in [-0.3, -0.25) is 4.98 Å². The molecule has 0 spiro atoms. The summed E-state index contributed by atoms with van der Waals surface area (Å²) in [5.74, 6) is 0.936. The van der Waals surface area contributed by atoms with E-state index in [2.05, 4.69) is 98.0 Å². The summed E-state index contributed by atoms with van der Waals surface area (Å²) in [6, 6.07) is 14.2. The predicted octanol–water partition coefficient (Wildman–Crippen LogP) is 8.82. The first-order valence-corrected chi connectivity index (χ1v) is 14.7. The van der Waals surface area contributed by atoms with Gasteiger partial charge in [-0.1, -0.05) is 100 Å². The van der Waals surface area contributed by atoms with Gasteiger partial charge in [-0.15, -0.1) is 12.8 Å². The van der Waals surface area contributed by atoms with Crippen molar-refractivity contribution in [3.8, 4) is 12.8 Å². The van der Waals surface area contributed by atoms with E-state index in [0.29, 0.717) is 5.56 Å². The molecule has 5 heteroatoms. The van der Waals surface area contributed by atoms with E-state index in [1.54, 1.807) is 18.3 Å². The number of unbranched alkanes of at least 4 members (excludes halogenated alkanes) is 4. The normalized spacial score (nSPS) is 10.2. The minimum atomic E-state index is -0.313. The molecule has 0 radical (unpaired) electrons. The number of rotatable bonds is 13. The van der Waals surface area contributed by atoms with Gasteiger partial charge < -0.3 is 4.74 Å². The number of aryl methyl sites for hydroxylation is 2. The number of terminal acetylenes is 1. The summed E-state index contributed by atoms with van der Waals surface area (Å²) in [4.78, 5) is 15.1. The zero-order chi connectivity index (χ0) is 29.0. The molecule has 0 unspecified atom stereocenters. The Morgan fingerprint density at radius 2 is 1.66 bits per heavy atom. The van der Waals surface area contributed by atoms with E-state index in [1.165, 1.54) is 68.9 Å². The number of aromatic nitrogens is 1. The first-order valence-electron chi connectivity index (χ1n) is 13.8. The zero-order valence-corrected chi connectivity index (χ0v) is 25.9. The van der Waals surface area contributed by atoms with Crippen LogP contribution in [0.5, 0.6) is 0 Å². The number of ether oxygens (including phenoxy) is 1. The largest absolute Gasteiger partial charge is 0.465 e. The van der Waals surface area contributed by atoms with Crippen molar-refractivity contribution in [2.75, 3.05) is 26.5 Å². The Labute approximate surface area is 238 Å². The molecule has 0 atom stereocenters. The van der Waals surface area contributed by atoms with Crippen molar-refractivity contribution in [3.05, 3.63) is 77.1 Å².